The Morgan fingerprint density at radius 2 is 1.83 bits per heavy atom. The maximum absolute atomic E-state index is 2.99. The molecule has 1 heteroatoms. The van der Waals surface area contributed by atoms with Gasteiger partial charge in [0.05, 0.1) is 10.9 Å². The van der Waals surface area contributed by atoms with Crippen molar-refractivity contribution in [3.05, 3.63) is 0 Å². The Kier molecular flexibility index (Phi) is 3.07. The molecule has 0 aliphatic carbocycles. The quantitative estimate of drug-likeness (QED) is 0.313. The minimum atomic E-state index is 0.323. The van der Waals surface area contributed by atoms with Crippen LogP contribution >= 0.6 is 0 Å². The normalized spacial score (nSPS) is 7.33. The van der Waals surface area contributed by atoms with Crippen LogP contribution in [0.3, 0.4) is 0 Å². The molecule has 0 aromatic heterocycles. The highest BCUT2D eigenvalue weighted by atomic mass is 32.2. The van der Waals surface area contributed by atoms with Crippen molar-refractivity contribution in [3.63, 3.8) is 0 Å². The summed E-state index contributed by atoms with van der Waals surface area (Å²) in [5, 5.41) is 2.99. The molecule has 0 radical (unpaired) electrons. The summed E-state index contributed by atoms with van der Waals surface area (Å²) in [5.74, 6) is 2.83. The summed E-state index contributed by atoms with van der Waals surface area (Å²) in [6, 6.07) is 0. The third-order valence-corrected chi connectivity index (χ3v) is 0.919. The van der Waals surface area contributed by atoms with Gasteiger partial charge in [0, 0.05) is 6.92 Å². The SMILES string of the molecule is CC#C[S+](C)C. The zero-order valence-corrected chi connectivity index (χ0v) is 5.22. The van der Waals surface area contributed by atoms with Gasteiger partial charge in [0.1, 0.15) is 12.5 Å². The van der Waals surface area contributed by atoms with Crippen LogP contribution in [0.1, 0.15) is 6.92 Å². The van der Waals surface area contributed by atoms with Crippen LogP contribution < -0.4 is 0 Å². The molecule has 0 unspecified atom stereocenters. The summed E-state index contributed by atoms with van der Waals surface area (Å²) >= 11 is 0. The van der Waals surface area contributed by atoms with Gasteiger partial charge in [0.25, 0.3) is 0 Å². The zero-order chi connectivity index (χ0) is 4.99. The molecule has 0 heterocycles. The Morgan fingerprint density at radius 3 is 1.83 bits per heavy atom. The zero-order valence-electron chi connectivity index (χ0n) is 4.41. The molecule has 34 valence electrons. The van der Waals surface area contributed by atoms with Gasteiger partial charge in [-0.15, -0.1) is 0 Å². The van der Waals surface area contributed by atoms with Crippen molar-refractivity contribution in [3.8, 4) is 11.2 Å². The summed E-state index contributed by atoms with van der Waals surface area (Å²) < 4.78 is 0. The van der Waals surface area contributed by atoms with Crippen LogP contribution in [-0.2, 0) is 10.9 Å². The summed E-state index contributed by atoms with van der Waals surface area (Å²) in [7, 11) is 0.323. The van der Waals surface area contributed by atoms with Crippen LogP contribution in [0.25, 0.3) is 0 Å². The van der Waals surface area contributed by atoms with Crippen molar-refractivity contribution in [1.82, 2.24) is 0 Å². The molecule has 0 amide bonds. The maximum Gasteiger partial charge on any atom is 0.151 e. The van der Waals surface area contributed by atoms with Crippen molar-refractivity contribution in [2.75, 3.05) is 12.5 Å². The van der Waals surface area contributed by atoms with Crippen LogP contribution in [0.15, 0.2) is 0 Å². The van der Waals surface area contributed by atoms with E-state index in [1.165, 1.54) is 0 Å². The van der Waals surface area contributed by atoms with Gasteiger partial charge in [-0.1, -0.05) is 0 Å². The van der Waals surface area contributed by atoms with Crippen molar-refractivity contribution < 1.29 is 0 Å². The average molecular weight is 101 g/mol. The molecule has 0 aromatic rings. The number of rotatable bonds is 0. The lowest BCUT2D eigenvalue weighted by molar-refractivity contribution is 1.93. The topological polar surface area (TPSA) is 0 Å². The molecule has 0 fully saturated rings. The Morgan fingerprint density at radius 1 is 1.33 bits per heavy atom. The molecule has 6 heavy (non-hydrogen) atoms. The molecule has 0 saturated heterocycles. The van der Waals surface area contributed by atoms with Crippen molar-refractivity contribution in [2.45, 2.75) is 6.92 Å². The van der Waals surface area contributed by atoms with Gasteiger partial charge in [-0.2, -0.15) is 0 Å². The fourth-order valence-electron chi connectivity index (χ4n) is 0.204. The molecule has 0 atom stereocenters. The minimum Gasteiger partial charge on any atom is -0.0495 e. The summed E-state index contributed by atoms with van der Waals surface area (Å²) in [5.41, 5.74) is 0. The van der Waals surface area contributed by atoms with Crippen molar-refractivity contribution >= 4 is 10.9 Å². The Bertz CT molecular complexity index is 73.7. The third kappa shape index (κ3) is 3.91. The fourth-order valence-corrected chi connectivity index (χ4v) is 0.612. The molecule has 0 N–H and O–H groups in total. The van der Waals surface area contributed by atoms with Crippen LogP contribution in [0.4, 0.5) is 0 Å². The first kappa shape index (κ1) is 5.91. The molecule has 0 aliphatic rings. The second-order valence-electron chi connectivity index (χ2n) is 1.17. The monoisotopic (exact) mass is 101 g/mol. The van der Waals surface area contributed by atoms with E-state index in [9.17, 15) is 0 Å². The van der Waals surface area contributed by atoms with E-state index in [1.54, 1.807) is 0 Å². The lowest BCUT2D eigenvalue weighted by Crippen LogP contribution is -1.84. The molecule has 0 bridgehead atoms. The Balaban J connectivity index is 3.20. The summed E-state index contributed by atoms with van der Waals surface area (Å²) in [4.78, 5) is 0. The molecule has 0 rings (SSSR count). The van der Waals surface area contributed by atoms with E-state index in [1.807, 2.05) is 6.92 Å². The minimum absolute atomic E-state index is 0.323. The van der Waals surface area contributed by atoms with Crippen molar-refractivity contribution in [2.24, 2.45) is 0 Å². The molecule has 0 aromatic carbocycles. The van der Waals surface area contributed by atoms with E-state index >= 15 is 0 Å². The second-order valence-corrected chi connectivity index (χ2v) is 3.01. The molecular weight excluding hydrogens is 92.1 g/mol. The first-order chi connectivity index (χ1) is 2.77. The van der Waals surface area contributed by atoms with Gasteiger partial charge < -0.3 is 0 Å². The van der Waals surface area contributed by atoms with Crippen LogP contribution in [0.2, 0.25) is 0 Å². The van der Waals surface area contributed by atoms with E-state index in [0.29, 0.717) is 10.9 Å². The highest BCUT2D eigenvalue weighted by molar-refractivity contribution is 8.00. The predicted molar refractivity (Wildman–Crippen MR) is 32.7 cm³/mol. The van der Waals surface area contributed by atoms with Gasteiger partial charge in [-0.05, 0) is 5.92 Å². The summed E-state index contributed by atoms with van der Waals surface area (Å²) in [6.07, 6.45) is 4.22. The van der Waals surface area contributed by atoms with Crippen LogP contribution in [0.5, 0.6) is 0 Å². The van der Waals surface area contributed by atoms with E-state index in [-0.39, 0.29) is 0 Å². The van der Waals surface area contributed by atoms with Gasteiger partial charge in [0.2, 0.25) is 0 Å². The van der Waals surface area contributed by atoms with E-state index in [4.69, 9.17) is 0 Å². The molecular formula is C5H9S+. The Hall–Kier alpha value is -0.0900. The summed E-state index contributed by atoms with van der Waals surface area (Å²) in [6.45, 7) is 1.87. The third-order valence-electron chi connectivity index (χ3n) is 0.306. The fraction of sp³-hybridized carbons (Fsp3) is 0.600. The maximum atomic E-state index is 2.99. The standard InChI is InChI=1S/C5H9S/c1-4-5-6(2)3/h1-3H3/q+1. The second kappa shape index (κ2) is 3.11. The average Bonchev–Trinajstić information content (AvgIpc) is 1.35. The lowest BCUT2D eigenvalue weighted by atomic mass is 10.9. The first-order valence-corrected chi connectivity index (χ1v) is 3.81. The highest BCUT2D eigenvalue weighted by Crippen LogP contribution is 1.73. The van der Waals surface area contributed by atoms with Gasteiger partial charge in [0.15, 0.2) is 5.25 Å². The molecule has 0 aliphatic heterocycles. The van der Waals surface area contributed by atoms with E-state index in [0.717, 1.165) is 0 Å². The highest BCUT2D eigenvalue weighted by Gasteiger charge is 1.88. The number of hydrogen-bond donors (Lipinski definition) is 0. The first-order valence-electron chi connectivity index (χ1n) is 1.77. The molecule has 0 saturated carbocycles. The smallest absolute Gasteiger partial charge is 0.0495 e. The van der Waals surface area contributed by atoms with E-state index in [2.05, 4.69) is 23.7 Å². The predicted octanol–water partition coefficient (Wildman–Crippen LogP) is 0.845. The largest absolute Gasteiger partial charge is 0.151 e. The van der Waals surface area contributed by atoms with Crippen LogP contribution in [-0.4, -0.2) is 12.5 Å². The number of hydrogen-bond acceptors (Lipinski definition) is 0. The van der Waals surface area contributed by atoms with Crippen molar-refractivity contribution in [1.29, 1.82) is 0 Å². The van der Waals surface area contributed by atoms with E-state index < -0.39 is 0 Å². The molecule has 0 nitrogen and oxygen atoms in total. The van der Waals surface area contributed by atoms with Gasteiger partial charge >= 0.3 is 0 Å². The Labute approximate surface area is 42.3 Å². The molecule has 0 spiro atoms. The van der Waals surface area contributed by atoms with Crippen LogP contribution in [0, 0.1) is 11.2 Å². The van der Waals surface area contributed by atoms with Gasteiger partial charge in [-0.3, -0.25) is 0 Å². The van der Waals surface area contributed by atoms with Gasteiger partial charge in [-0.25, -0.2) is 0 Å². The lowest BCUT2D eigenvalue weighted by Gasteiger charge is -1.69.